The molecule has 0 aliphatic carbocycles. The molecule has 0 fully saturated rings. The van der Waals surface area contributed by atoms with Crippen LogP contribution in [0.4, 0.5) is 0 Å². The lowest BCUT2D eigenvalue weighted by Gasteiger charge is -2.01. The van der Waals surface area contributed by atoms with Gasteiger partial charge in [-0.1, -0.05) is 25.5 Å². The van der Waals surface area contributed by atoms with Crippen molar-refractivity contribution < 1.29 is 5.11 Å². The Labute approximate surface area is 62.7 Å². The number of hydrogen-bond acceptors (Lipinski definition) is 2. The summed E-state index contributed by atoms with van der Waals surface area (Å²) in [5, 5.41) is 8.48. The molecular weight excluding hydrogens is 126 g/mol. The minimum Gasteiger partial charge on any atom is -0.396 e. The Balaban J connectivity index is 3.26. The molecule has 0 amide bonds. The zero-order valence-electron chi connectivity index (χ0n) is 6.59. The summed E-state index contributed by atoms with van der Waals surface area (Å²) in [6.45, 7) is 2.31. The zero-order chi connectivity index (χ0) is 7.82. The SMILES string of the molecule is CCC/C=C/C(N)CCO. The second kappa shape index (κ2) is 6.78. The van der Waals surface area contributed by atoms with Crippen LogP contribution in [0.5, 0.6) is 0 Å². The molecule has 1 unspecified atom stereocenters. The van der Waals surface area contributed by atoms with Crippen molar-refractivity contribution in [3.05, 3.63) is 12.2 Å². The molecule has 0 aliphatic rings. The van der Waals surface area contributed by atoms with Gasteiger partial charge in [-0.25, -0.2) is 0 Å². The molecule has 0 heterocycles. The molecule has 0 spiro atoms. The molecular formula is C8H17NO. The van der Waals surface area contributed by atoms with Gasteiger partial charge in [0.15, 0.2) is 0 Å². The summed E-state index contributed by atoms with van der Waals surface area (Å²) in [7, 11) is 0. The van der Waals surface area contributed by atoms with Crippen LogP contribution in [-0.4, -0.2) is 17.8 Å². The van der Waals surface area contributed by atoms with Gasteiger partial charge in [-0.2, -0.15) is 0 Å². The highest BCUT2D eigenvalue weighted by Gasteiger charge is 1.92. The van der Waals surface area contributed by atoms with E-state index in [4.69, 9.17) is 10.8 Å². The van der Waals surface area contributed by atoms with Crippen molar-refractivity contribution in [2.45, 2.75) is 32.2 Å². The van der Waals surface area contributed by atoms with E-state index in [0.29, 0.717) is 6.42 Å². The summed E-state index contributed by atoms with van der Waals surface area (Å²) in [6, 6.07) is 0.0385. The summed E-state index contributed by atoms with van der Waals surface area (Å²) in [5.41, 5.74) is 5.58. The smallest absolute Gasteiger partial charge is 0.0448 e. The predicted octanol–water partition coefficient (Wildman–Crippen LogP) is 1.05. The normalized spacial score (nSPS) is 14.3. The minimum absolute atomic E-state index is 0.0385. The standard InChI is InChI=1S/C8H17NO/c1-2-3-4-5-8(9)6-7-10/h4-5,8,10H,2-3,6-7,9H2,1H3/b5-4+. The Bertz CT molecular complexity index is 91.3. The van der Waals surface area contributed by atoms with E-state index < -0.39 is 0 Å². The first-order chi connectivity index (χ1) is 4.81. The van der Waals surface area contributed by atoms with Gasteiger partial charge in [0.2, 0.25) is 0 Å². The molecule has 0 aromatic carbocycles. The third-order valence-corrected chi connectivity index (χ3v) is 1.30. The van der Waals surface area contributed by atoms with Gasteiger partial charge in [0.25, 0.3) is 0 Å². The van der Waals surface area contributed by atoms with Gasteiger partial charge in [0.05, 0.1) is 0 Å². The molecule has 0 aromatic rings. The number of unbranched alkanes of at least 4 members (excludes halogenated alkanes) is 1. The van der Waals surface area contributed by atoms with Crippen molar-refractivity contribution in [1.82, 2.24) is 0 Å². The molecule has 10 heavy (non-hydrogen) atoms. The van der Waals surface area contributed by atoms with E-state index in [1.165, 1.54) is 0 Å². The first-order valence-corrected chi connectivity index (χ1v) is 3.84. The lowest BCUT2D eigenvalue weighted by molar-refractivity contribution is 0.283. The van der Waals surface area contributed by atoms with E-state index in [1.807, 2.05) is 6.08 Å². The van der Waals surface area contributed by atoms with Crippen LogP contribution in [0.15, 0.2) is 12.2 Å². The quantitative estimate of drug-likeness (QED) is 0.565. The number of nitrogens with two attached hydrogens (primary N) is 1. The molecule has 1 atom stereocenters. The second-order valence-electron chi connectivity index (χ2n) is 2.39. The summed E-state index contributed by atoms with van der Waals surface area (Å²) < 4.78 is 0. The molecule has 2 nitrogen and oxygen atoms in total. The molecule has 60 valence electrons. The highest BCUT2D eigenvalue weighted by atomic mass is 16.3. The first kappa shape index (κ1) is 9.66. The van der Waals surface area contributed by atoms with Crippen LogP contribution >= 0.6 is 0 Å². The third-order valence-electron chi connectivity index (χ3n) is 1.30. The molecule has 0 saturated carbocycles. The van der Waals surface area contributed by atoms with Crippen molar-refractivity contribution in [2.75, 3.05) is 6.61 Å². The van der Waals surface area contributed by atoms with Gasteiger partial charge in [0.1, 0.15) is 0 Å². The van der Waals surface area contributed by atoms with Gasteiger partial charge in [0, 0.05) is 12.6 Å². The molecule has 0 rings (SSSR count). The molecule has 3 N–H and O–H groups in total. The lowest BCUT2D eigenvalue weighted by Crippen LogP contribution is -2.17. The first-order valence-electron chi connectivity index (χ1n) is 3.84. The van der Waals surface area contributed by atoms with Crippen LogP contribution in [0.3, 0.4) is 0 Å². The van der Waals surface area contributed by atoms with Crippen molar-refractivity contribution >= 4 is 0 Å². The van der Waals surface area contributed by atoms with Crippen LogP contribution in [-0.2, 0) is 0 Å². The highest BCUT2D eigenvalue weighted by Crippen LogP contribution is 1.93. The fraction of sp³-hybridized carbons (Fsp3) is 0.750. The molecule has 0 aromatic heterocycles. The van der Waals surface area contributed by atoms with Crippen LogP contribution < -0.4 is 5.73 Å². The average molecular weight is 143 g/mol. The topological polar surface area (TPSA) is 46.2 Å². The Morgan fingerprint density at radius 1 is 1.60 bits per heavy atom. The van der Waals surface area contributed by atoms with Gasteiger partial charge in [-0.15, -0.1) is 0 Å². The van der Waals surface area contributed by atoms with E-state index in [2.05, 4.69) is 13.0 Å². The monoisotopic (exact) mass is 143 g/mol. The van der Waals surface area contributed by atoms with E-state index >= 15 is 0 Å². The molecule has 0 bridgehead atoms. The predicted molar refractivity (Wildman–Crippen MR) is 43.7 cm³/mol. The Kier molecular flexibility index (Phi) is 6.55. The maximum absolute atomic E-state index is 8.48. The van der Waals surface area contributed by atoms with Crippen LogP contribution in [0.2, 0.25) is 0 Å². The maximum atomic E-state index is 8.48. The Morgan fingerprint density at radius 2 is 2.30 bits per heavy atom. The van der Waals surface area contributed by atoms with Crippen LogP contribution in [0.25, 0.3) is 0 Å². The van der Waals surface area contributed by atoms with Crippen LogP contribution in [0.1, 0.15) is 26.2 Å². The van der Waals surface area contributed by atoms with E-state index in [9.17, 15) is 0 Å². The average Bonchev–Trinajstić information content (AvgIpc) is 1.89. The van der Waals surface area contributed by atoms with Crippen LogP contribution in [0, 0.1) is 0 Å². The van der Waals surface area contributed by atoms with E-state index in [1.54, 1.807) is 0 Å². The summed E-state index contributed by atoms with van der Waals surface area (Å²) in [6.07, 6.45) is 6.93. The number of rotatable bonds is 5. The van der Waals surface area contributed by atoms with Gasteiger partial charge in [-0.3, -0.25) is 0 Å². The number of aliphatic hydroxyl groups is 1. The van der Waals surface area contributed by atoms with Crippen molar-refractivity contribution in [3.8, 4) is 0 Å². The Morgan fingerprint density at radius 3 is 2.80 bits per heavy atom. The number of aliphatic hydroxyl groups excluding tert-OH is 1. The van der Waals surface area contributed by atoms with Gasteiger partial charge < -0.3 is 10.8 Å². The van der Waals surface area contributed by atoms with E-state index in [0.717, 1.165) is 12.8 Å². The Hall–Kier alpha value is -0.340. The summed E-state index contributed by atoms with van der Waals surface area (Å²) in [4.78, 5) is 0. The van der Waals surface area contributed by atoms with Crippen molar-refractivity contribution in [1.29, 1.82) is 0 Å². The fourth-order valence-corrected chi connectivity index (χ4v) is 0.683. The fourth-order valence-electron chi connectivity index (χ4n) is 0.683. The van der Waals surface area contributed by atoms with Crippen molar-refractivity contribution in [3.63, 3.8) is 0 Å². The zero-order valence-corrected chi connectivity index (χ0v) is 6.59. The van der Waals surface area contributed by atoms with Crippen molar-refractivity contribution in [2.24, 2.45) is 5.73 Å². The molecule has 0 radical (unpaired) electrons. The third kappa shape index (κ3) is 5.79. The van der Waals surface area contributed by atoms with E-state index in [-0.39, 0.29) is 12.6 Å². The molecule has 0 aliphatic heterocycles. The second-order valence-corrected chi connectivity index (χ2v) is 2.39. The molecule has 0 saturated heterocycles. The number of allylic oxidation sites excluding steroid dienone is 1. The highest BCUT2D eigenvalue weighted by molar-refractivity contribution is 4.90. The molecule has 2 heteroatoms. The number of hydrogen-bond donors (Lipinski definition) is 2. The van der Waals surface area contributed by atoms with Gasteiger partial charge in [-0.05, 0) is 12.8 Å². The summed E-state index contributed by atoms with van der Waals surface area (Å²) >= 11 is 0. The minimum atomic E-state index is 0.0385. The van der Waals surface area contributed by atoms with Gasteiger partial charge >= 0.3 is 0 Å². The lowest BCUT2D eigenvalue weighted by atomic mass is 10.2. The maximum Gasteiger partial charge on any atom is 0.0448 e. The summed E-state index contributed by atoms with van der Waals surface area (Å²) in [5.74, 6) is 0. The largest absolute Gasteiger partial charge is 0.396 e.